The minimum absolute atomic E-state index is 0.467. The monoisotopic (exact) mass is 332 g/mol. The van der Waals surface area contributed by atoms with E-state index in [0.29, 0.717) is 6.04 Å². The minimum atomic E-state index is 0.467. The number of hydrogen-bond donors (Lipinski definition) is 0. The zero-order valence-corrected chi connectivity index (χ0v) is 15.0. The van der Waals surface area contributed by atoms with Crippen molar-refractivity contribution in [1.29, 1.82) is 0 Å². The molecule has 0 amide bonds. The van der Waals surface area contributed by atoms with Crippen molar-refractivity contribution in [3.63, 3.8) is 0 Å². The Morgan fingerprint density at radius 3 is 2.79 bits per heavy atom. The van der Waals surface area contributed by atoms with E-state index in [1.165, 1.54) is 19.3 Å². The molecule has 0 N–H and O–H groups in total. The van der Waals surface area contributed by atoms with E-state index in [1.807, 2.05) is 23.2 Å². The van der Waals surface area contributed by atoms with E-state index < -0.39 is 0 Å². The van der Waals surface area contributed by atoms with Crippen LogP contribution in [-0.4, -0.2) is 52.5 Å². The largest absolute Gasteiger partial charge is 0.291 e. The molecule has 0 bridgehead atoms. The van der Waals surface area contributed by atoms with Crippen LogP contribution >= 0.6 is 0 Å². The van der Waals surface area contributed by atoms with Gasteiger partial charge in [-0.1, -0.05) is 19.8 Å². The van der Waals surface area contributed by atoms with Gasteiger partial charge in [-0.05, 0) is 50.1 Å². The standard InChI is InChI=1S/C16H28N8/c1-4-5-10-23-16(18-20-21-23)12-22-9-7-6-8-15(22)11-24-14(3)17-13(2)19-24/h15H,4-12H2,1-3H3. The van der Waals surface area contributed by atoms with Crippen LogP contribution in [0.4, 0.5) is 0 Å². The first-order valence-electron chi connectivity index (χ1n) is 9.04. The van der Waals surface area contributed by atoms with Gasteiger partial charge in [-0.25, -0.2) is 14.3 Å². The third-order valence-corrected chi connectivity index (χ3v) is 4.77. The fourth-order valence-corrected chi connectivity index (χ4v) is 3.41. The van der Waals surface area contributed by atoms with Gasteiger partial charge in [0.05, 0.1) is 13.1 Å². The molecule has 0 radical (unpaired) electrons. The van der Waals surface area contributed by atoms with Gasteiger partial charge < -0.3 is 0 Å². The molecule has 8 heteroatoms. The van der Waals surface area contributed by atoms with E-state index in [0.717, 1.165) is 56.5 Å². The van der Waals surface area contributed by atoms with Crippen LogP contribution in [0.1, 0.15) is 56.5 Å². The zero-order valence-electron chi connectivity index (χ0n) is 15.0. The minimum Gasteiger partial charge on any atom is -0.291 e. The Hall–Kier alpha value is -1.83. The maximum absolute atomic E-state index is 4.53. The molecular formula is C16H28N8. The number of rotatable bonds is 7. The van der Waals surface area contributed by atoms with Crippen LogP contribution in [0.2, 0.25) is 0 Å². The second-order valence-corrected chi connectivity index (χ2v) is 6.68. The lowest BCUT2D eigenvalue weighted by Crippen LogP contribution is -2.42. The molecule has 0 spiro atoms. The Bertz CT molecular complexity index is 646. The van der Waals surface area contributed by atoms with Gasteiger partial charge in [0.25, 0.3) is 0 Å². The van der Waals surface area contributed by atoms with E-state index in [9.17, 15) is 0 Å². The summed E-state index contributed by atoms with van der Waals surface area (Å²) >= 11 is 0. The summed E-state index contributed by atoms with van der Waals surface area (Å²) in [5.74, 6) is 2.81. The average Bonchev–Trinajstić information content (AvgIpc) is 3.13. The molecular weight excluding hydrogens is 304 g/mol. The molecule has 1 saturated heterocycles. The highest BCUT2D eigenvalue weighted by molar-refractivity contribution is 4.91. The highest BCUT2D eigenvalue weighted by Gasteiger charge is 2.25. The Balaban J connectivity index is 1.68. The summed E-state index contributed by atoms with van der Waals surface area (Å²) in [6.45, 7) is 9.86. The zero-order chi connectivity index (χ0) is 16.9. The quantitative estimate of drug-likeness (QED) is 0.768. The van der Waals surface area contributed by atoms with E-state index >= 15 is 0 Å². The number of piperidine rings is 1. The topological polar surface area (TPSA) is 77.5 Å². The molecule has 0 saturated carbocycles. The molecule has 1 unspecified atom stereocenters. The number of nitrogens with zero attached hydrogens (tertiary/aromatic N) is 8. The number of aryl methyl sites for hydroxylation is 3. The summed E-state index contributed by atoms with van der Waals surface area (Å²) < 4.78 is 4.00. The van der Waals surface area contributed by atoms with Crippen molar-refractivity contribution in [3.05, 3.63) is 17.5 Å². The maximum atomic E-state index is 4.53. The van der Waals surface area contributed by atoms with Crippen molar-refractivity contribution in [2.75, 3.05) is 6.54 Å². The Morgan fingerprint density at radius 2 is 2.04 bits per heavy atom. The lowest BCUT2D eigenvalue weighted by Gasteiger charge is -2.35. The first-order chi connectivity index (χ1) is 11.7. The summed E-state index contributed by atoms with van der Waals surface area (Å²) in [6, 6.07) is 0.467. The molecule has 1 aliphatic heterocycles. The number of tetrazole rings is 1. The van der Waals surface area contributed by atoms with Gasteiger partial charge in [-0.15, -0.1) is 5.10 Å². The molecule has 1 atom stereocenters. The third-order valence-electron chi connectivity index (χ3n) is 4.77. The molecule has 132 valence electrons. The summed E-state index contributed by atoms with van der Waals surface area (Å²) in [6.07, 6.45) is 5.96. The van der Waals surface area contributed by atoms with Crippen LogP contribution in [0.15, 0.2) is 0 Å². The van der Waals surface area contributed by atoms with Crippen molar-refractivity contribution in [3.8, 4) is 0 Å². The Kier molecular flexibility index (Phi) is 5.55. The van der Waals surface area contributed by atoms with E-state index in [2.05, 4.69) is 37.4 Å². The molecule has 3 heterocycles. The first kappa shape index (κ1) is 17.0. The lowest BCUT2D eigenvalue weighted by atomic mass is 10.0. The molecule has 24 heavy (non-hydrogen) atoms. The van der Waals surface area contributed by atoms with Crippen molar-refractivity contribution in [1.82, 2.24) is 39.9 Å². The van der Waals surface area contributed by atoms with Crippen LogP contribution < -0.4 is 0 Å². The number of likely N-dealkylation sites (tertiary alicyclic amines) is 1. The van der Waals surface area contributed by atoms with Gasteiger partial charge in [-0.2, -0.15) is 5.10 Å². The first-order valence-corrected chi connectivity index (χ1v) is 9.04. The van der Waals surface area contributed by atoms with Gasteiger partial charge in [0.2, 0.25) is 0 Å². The molecule has 8 nitrogen and oxygen atoms in total. The molecule has 2 aromatic rings. The number of aromatic nitrogens is 7. The van der Waals surface area contributed by atoms with E-state index in [-0.39, 0.29) is 0 Å². The SMILES string of the molecule is CCCCn1nnnc1CN1CCCCC1Cn1nc(C)nc1C. The summed E-state index contributed by atoms with van der Waals surface area (Å²) in [7, 11) is 0. The predicted molar refractivity (Wildman–Crippen MR) is 90.3 cm³/mol. The normalized spacial score (nSPS) is 19.0. The highest BCUT2D eigenvalue weighted by Crippen LogP contribution is 2.20. The van der Waals surface area contributed by atoms with Gasteiger partial charge in [0, 0.05) is 12.6 Å². The number of hydrogen-bond acceptors (Lipinski definition) is 6. The molecule has 0 aromatic carbocycles. The van der Waals surface area contributed by atoms with Gasteiger partial charge in [0.1, 0.15) is 11.6 Å². The Labute approximate surface area is 143 Å². The van der Waals surface area contributed by atoms with E-state index in [4.69, 9.17) is 0 Å². The van der Waals surface area contributed by atoms with Crippen molar-refractivity contribution >= 4 is 0 Å². The summed E-state index contributed by atoms with van der Waals surface area (Å²) in [5.41, 5.74) is 0. The van der Waals surface area contributed by atoms with Crippen LogP contribution in [0.5, 0.6) is 0 Å². The molecule has 1 aliphatic rings. The second kappa shape index (κ2) is 7.83. The van der Waals surface area contributed by atoms with Gasteiger partial charge in [0.15, 0.2) is 5.82 Å². The highest BCUT2D eigenvalue weighted by atomic mass is 15.5. The number of unbranched alkanes of at least 4 members (excludes halogenated alkanes) is 1. The van der Waals surface area contributed by atoms with Crippen molar-refractivity contribution in [2.45, 2.75) is 78.6 Å². The van der Waals surface area contributed by atoms with Gasteiger partial charge in [-0.3, -0.25) is 4.90 Å². The second-order valence-electron chi connectivity index (χ2n) is 6.68. The third kappa shape index (κ3) is 3.98. The average molecular weight is 332 g/mol. The fourth-order valence-electron chi connectivity index (χ4n) is 3.41. The van der Waals surface area contributed by atoms with E-state index in [1.54, 1.807) is 0 Å². The predicted octanol–water partition coefficient (Wildman–Crippen LogP) is 1.74. The fraction of sp³-hybridized carbons (Fsp3) is 0.812. The van der Waals surface area contributed by atoms with Crippen LogP contribution in [0.3, 0.4) is 0 Å². The lowest BCUT2D eigenvalue weighted by molar-refractivity contribution is 0.116. The Morgan fingerprint density at radius 1 is 1.17 bits per heavy atom. The summed E-state index contributed by atoms with van der Waals surface area (Å²) in [4.78, 5) is 6.93. The molecule has 1 fully saturated rings. The molecule has 2 aromatic heterocycles. The van der Waals surface area contributed by atoms with Gasteiger partial charge >= 0.3 is 0 Å². The molecule has 3 rings (SSSR count). The van der Waals surface area contributed by atoms with Crippen LogP contribution in [0.25, 0.3) is 0 Å². The van der Waals surface area contributed by atoms with Crippen LogP contribution in [0, 0.1) is 13.8 Å². The smallest absolute Gasteiger partial charge is 0.165 e. The van der Waals surface area contributed by atoms with Crippen molar-refractivity contribution in [2.24, 2.45) is 0 Å². The maximum Gasteiger partial charge on any atom is 0.165 e. The molecule has 0 aliphatic carbocycles. The summed E-state index contributed by atoms with van der Waals surface area (Å²) in [5, 5.41) is 16.8. The van der Waals surface area contributed by atoms with Crippen molar-refractivity contribution < 1.29 is 0 Å². The van der Waals surface area contributed by atoms with Crippen LogP contribution in [-0.2, 0) is 19.6 Å².